The van der Waals surface area contributed by atoms with Gasteiger partial charge in [-0.2, -0.15) is 0 Å². The minimum atomic E-state index is -1.75. The Balaban J connectivity index is 0.000000481. The normalized spacial score (nSPS) is 10.4. The molecule has 136 valence electrons. The lowest BCUT2D eigenvalue weighted by atomic mass is 10.0. The molecule has 0 aliphatic rings. The molecule has 4 aromatic rings. The molecule has 0 amide bonds. The number of quaternary nitrogens is 1. The molecule has 0 aliphatic heterocycles. The number of hydrogen-bond acceptors (Lipinski definition) is 3. The Bertz CT molecular complexity index is 969. The van der Waals surface area contributed by atoms with Crippen molar-refractivity contribution in [2.24, 2.45) is 0 Å². The van der Waals surface area contributed by atoms with Gasteiger partial charge >= 0.3 is 0 Å². The maximum atomic E-state index is 8.25. The van der Waals surface area contributed by atoms with Crippen LogP contribution in [0.1, 0.15) is 11.1 Å². The number of rotatable bonds is 4. The van der Waals surface area contributed by atoms with Gasteiger partial charge in [-0.25, -0.2) is 0 Å². The van der Waals surface area contributed by atoms with Crippen molar-refractivity contribution in [2.75, 3.05) is 0 Å². The summed E-state index contributed by atoms with van der Waals surface area (Å²) in [5.41, 5.74) is 2.81. The van der Waals surface area contributed by atoms with Crippen LogP contribution in [0.3, 0.4) is 0 Å². The Kier molecular flexibility index (Phi) is 5.97. The molecule has 0 fully saturated rings. The van der Waals surface area contributed by atoms with Gasteiger partial charge < -0.3 is 20.6 Å². The third-order valence-electron chi connectivity index (χ3n) is 4.49. The predicted molar refractivity (Wildman–Crippen MR) is 108 cm³/mol. The van der Waals surface area contributed by atoms with Gasteiger partial charge in [-0.1, -0.05) is 84.9 Å². The molecule has 0 saturated heterocycles. The zero-order valence-corrected chi connectivity index (χ0v) is 14.7. The summed E-state index contributed by atoms with van der Waals surface area (Å²) in [6, 6.07) is 30.4. The molecule has 0 saturated carbocycles. The summed E-state index contributed by atoms with van der Waals surface area (Å²) in [6.45, 7) is 2.01. The fourth-order valence-corrected chi connectivity index (χ4v) is 3.32. The van der Waals surface area contributed by atoms with Crippen LogP contribution >= 0.6 is 0 Å². The Labute approximate surface area is 157 Å². The quantitative estimate of drug-likeness (QED) is 0.441. The Morgan fingerprint density at radius 2 is 1.00 bits per heavy atom. The van der Waals surface area contributed by atoms with Gasteiger partial charge in [-0.3, -0.25) is 0 Å². The molecule has 0 unspecified atom stereocenters. The van der Waals surface area contributed by atoms with E-state index in [-0.39, 0.29) is 0 Å². The van der Waals surface area contributed by atoms with Crippen molar-refractivity contribution in [3.63, 3.8) is 0 Å². The first kappa shape index (κ1) is 18.4. The molecule has 5 heteroatoms. The smallest absolute Gasteiger partial charge is 0.102 e. The van der Waals surface area contributed by atoms with E-state index in [1.54, 1.807) is 0 Å². The monoisotopic (exact) mass is 360 g/mol. The van der Waals surface area contributed by atoms with Crippen LogP contribution in [0.15, 0.2) is 84.9 Å². The van der Waals surface area contributed by atoms with Crippen LogP contribution in [0, 0.1) is 15.3 Å². The summed E-state index contributed by atoms with van der Waals surface area (Å²) in [7, 11) is 0. The molecule has 5 nitrogen and oxygen atoms in total. The topological polar surface area (TPSA) is 82.8 Å². The molecule has 4 rings (SSSR count). The average molecular weight is 360 g/mol. The van der Waals surface area contributed by atoms with Crippen LogP contribution in [0.25, 0.3) is 21.5 Å². The number of nitrogens with two attached hydrogens (primary N) is 1. The lowest BCUT2D eigenvalue weighted by molar-refractivity contribution is -0.685. The standard InChI is InChI=1S/C22H19N.NO3/c1-3-13-21-17(7-1)9-5-11-19(21)15-23-16-20-12-6-10-18-8-2-4-14-22(18)20;2-1(3)4/h1-14,23H,15-16H2;/q;-1/p+1. The van der Waals surface area contributed by atoms with E-state index in [0.717, 1.165) is 13.1 Å². The summed E-state index contributed by atoms with van der Waals surface area (Å²) >= 11 is 0. The highest BCUT2D eigenvalue weighted by atomic mass is 16.9. The largest absolute Gasteiger partial charge is 0.356 e. The molecule has 2 N–H and O–H groups in total. The third kappa shape index (κ3) is 4.80. The van der Waals surface area contributed by atoms with E-state index < -0.39 is 5.09 Å². The molecule has 27 heavy (non-hydrogen) atoms. The van der Waals surface area contributed by atoms with Crippen molar-refractivity contribution >= 4 is 21.5 Å². The molecule has 0 bridgehead atoms. The minimum Gasteiger partial charge on any atom is -0.356 e. The van der Waals surface area contributed by atoms with Gasteiger partial charge in [-0.15, -0.1) is 0 Å². The van der Waals surface area contributed by atoms with Gasteiger partial charge in [0.1, 0.15) is 13.1 Å². The molecule has 4 aromatic carbocycles. The molecule has 0 heterocycles. The summed E-state index contributed by atoms with van der Waals surface area (Å²) in [6.07, 6.45) is 0. The zero-order chi connectivity index (χ0) is 19.1. The second kappa shape index (κ2) is 8.78. The highest BCUT2D eigenvalue weighted by molar-refractivity contribution is 5.86. The highest BCUT2D eigenvalue weighted by Gasteiger charge is 2.04. The molecular formula is C22H20N2O3. The summed E-state index contributed by atoms with van der Waals surface area (Å²) in [5, 5.41) is 22.5. The first-order valence-electron chi connectivity index (χ1n) is 8.71. The van der Waals surface area contributed by atoms with Crippen molar-refractivity contribution in [3.05, 3.63) is 111 Å². The van der Waals surface area contributed by atoms with Gasteiger partial charge in [0.2, 0.25) is 0 Å². The molecular weight excluding hydrogens is 340 g/mol. The second-order valence-electron chi connectivity index (χ2n) is 6.20. The molecule has 0 atom stereocenters. The predicted octanol–water partition coefficient (Wildman–Crippen LogP) is 4.02. The van der Waals surface area contributed by atoms with E-state index in [1.807, 2.05) is 0 Å². The SMILES string of the molecule is O=[N+]([O-])[O-].c1ccc2c(C[NH2+]Cc3cccc4ccccc34)cccc2c1. The van der Waals surface area contributed by atoms with Crippen LogP contribution < -0.4 is 5.32 Å². The second-order valence-corrected chi connectivity index (χ2v) is 6.20. The zero-order valence-electron chi connectivity index (χ0n) is 14.7. The van der Waals surface area contributed by atoms with Gasteiger partial charge in [0.15, 0.2) is 0 Å². The highest BCUT2D eigenvalue weighted by Crippen LogP contribution is 2.19. The van der Waals surface area contributed by atoms with Crippen molar-refractivity contribution in [2.45, 2.75) is 13.1 Å². The van der Waals surface area contributed by atoms with Crippen molar-refractivity contribution in [3.8, 4) is 0 Å². The lowest BCUT2D eigenvalue weighted by Gasteiger charge is -2.08. The molecule has 0 aromatic heterocycles. The molecule has 0 aliphatic carbocycles. The van der Waals surface area contributed by atoms with Gasteiger partial charge in [0.25, 0.3) is 0 Å². The van der Waals surface area contributed by atoms with Crippen LogP contribution in [0.5, 0.6) is 0 Å². The number of benzene rings is 4. The van der Waals surface area contributed by atoms with E-state index in [2.05, 4.69) is 90.2 Å². The number of nitrogens with zero attached hydrogens (tertiary/aromatic N) is 1. The number of fused-ring (bicyclic) bond motifs is 2. The van der Waals surface area contributed by atoms with E-state index in [9.17, 15) is 0 Å². The average Bonchev–Trinajstić information content (AvgIpc) is 2.68. The third-order valence-corrected chi connectivity index (χ3v) is 4.49. The molecule has 0 radical (unpaired) electrons. The van der Waals surface area contributed by atoms with Crippen LogP contribution in [0.2, 0.25) is 0 Å². The van der Waals surface area contributed by atoms with Crippen LogP contribution in [-0.4, -0.2) is 5.09 Å². The van der Waals surface area contributed by atoms with Gasteiger partial charge in [0, 0.05) is 11.1 Å². The fourth-order valence-electron chi connectivity index (χ4n) is 3.32. The maximum Gasteiger partial charge on any atom is 0.102 e. The fraction of sp³-hybridized carbons (Fsp3) is 0.0909. The van der Waals surface area contributed by atoms with Gasteiger partial charge in [0.05, 0.1) is 5.09 Å². The van der Waals surface area contributed by atoms with Crippen molar-refractivity contribution < 1.29 is 10.4 Å². The minimum absolute atomic E-state index is 1.00. The Morgan fingerprint density at radius 3 is 1.44 bits per heavy atom. The van der Waals surface area contributed by atoms with Gasteiger partial charge in [-0.05, 0) is 21.5 Å². The van der Waals surface area contributed by atoms with Crippen molar-refractivity contribution in [1.29, 1.82) is 0 Å². The first-order valence-corrected chi connectivity index (χ1v) is 8.71. The van der Waals surface area contributed by atoms with Crippen molar-refractivity contribution in [1.82, 2.24) is 0 Å². The summed E-state index contributed by atoms with van der Waals surface area (Å²) in [4.78, 5) is 8.25. The summed E-state index contributed by atoms with van der Waals surface area (Å²) in [5.74, 6) is 0. The van der Waals surface area contributed by atoms with Crippen LogP contribution in [-0.2, 0) is 13.1 Å². The first-order chi connectivity index (χ1) is 13.1. The Hall–Kier alpha value is -3.44. The van der Waals surface area contributed by atoms with E-state index >= 15 is 0 Å². The van der Waals surface area contributed by atoms with E-state index in [4.69, 9.17) is 15.3 Å². The van der Waals surface area contributed by atoms with E-state index in [1.165, 1.54) is 32.7 Å². The van der Waals surface area contributed by atoms with E-state index in [0.29, 0.717) is 0 Å². The van der Waals surface area contributed by atoms with Crippen LogP contribution in [0.4, 0.5) is 0 Å². The summed E-state index contributed by atoms with van der Waals surface area (Å²) < 4.78 is 0. The maximum absolute atomic E-state index is 8.25. The Morgan fingerprint density at radius 1 is 0.630 bits per heavy atom. The lowest BCUT2D eigenvalue weighted by Crippen LogP contribution is -2.80. The molecule has 0 spiro atoms. The number of hydrogen-bond donors (Lipinski definition) is 1.